The van der Waals surface area contributed by atoms with Gasteiger partial charge < -0.3 is 0 Å². The van der Waals surface area contributed by atoms with Gasteiger partial charge in [0.15, 0.2) is 0 Å². The summed E-state index contributed by atoms with van der Waals surface area (Å²) in [6, 6.07) is 0. The molecule has 0 aromatic rings. The molecule has 0 radical (unpaired) electrons. The second-order valence-electron chi connectivity index (χ2n) is 10.6. The molecular formula is C28H44. The van der Waals surface area contributed by atoms with Crippen molar-refractivity contribution in [2.75, 3.05) is 0 Å². The summed E-state index contributed by atoms with van der Waals surface area (Å²) < 4.78 is 0. The van der Waals surface area contributed by atoms with E-state index in [0.717, 1.165) is 35.5 Å². The zero-order valence-electron chi connectivity index (χ0n) is 19.1. The fourth-order valence-electron chi connectivity index (χ4n) is 8.78. The lowest BCUT2D eigenvalue weighted by atomic mass is 9.43. The zero-order chi connectivity index (χ0) is 20.5. The highest BCUT2D eigenvalue weighted by molar-refractivity contribution is 5.33. The van der Waals surface area contributed by atoms with Crippen LogP contribution in [0.2, 0.25) is 0 Å². The average molecular weight is 381 g/mol. The topological polar surface area (TPSA) is 0 Å². The van der Waals surface area contributed by atoms with Gasteiger partial charge in [0.05, 0.1) is 0 Å². The maximum atomic E-state index is 4.59. The molecule has 0 amide bonds. The van der Waals surface area contributed by atoms with Crippen molar-refractivity contribution in [2.45, 2.75) is 91.9 Å². The Hall–Kier alpha value is -0.960. The molecule has 8 atom stereocenters. The van der Waals surface area contributed by atoms with E-state index < -0.39 is 0 Å². The van der Waals surface area contributed by atoms with E-state index >= 15 is 0 Å². The van der Waals surface area contributed by atoms with Crippen LogP contribution in [0.5, 0.6) is 0 Å². The van der Waals surface area contributed by atoms with E-state index in [9.17, 15) is 0 Å². The zero-order valence-corrected chi connectivity index (χ0v) is 19.1. The lowest BCUT2D eigenvalue weighted by Gasteiger charge is -2.62. The van der Waals surface area contributed by atoms with Crippen LogP contribution in [0.25, 0.3) is 0 Å². The quantitative estimate of drug-likeness (QED) is 0.373. The summed E-state index contributed by atoms with van der Waals surface area (Å²) >= 11 is 0. The first-order valence-corrected chi connectivity index (χ1v) is 12.2. The van der Waals surface area contributed by atoms with Crippen LogP contribution in [-0.2, 0) is 0 Å². The highest BCUT2D eigenvalue weighted by Crippen LogP contribution is 2.70. The molecule has 0 heteroatoms. The molecule has 0 nitrogen and oxygen atoms in total. The van der Waals surface area contributed by atoms with Gasteiger partial charge in [0.2, 0.25) is 0 Å². The van der Waals surface area contributed by atoms with E-state index in [1.165, 1.54) is 69.8 Å². The maximum absolute atomic E-state index is 4.59. The van der Waals surface area contributed by atoms with Crippen LogP contribution in [0.15, 0.2) is 24.3 Å². The Bertz CT molecular complexity index is 609. The predicted octanol–water partition coefficient (Wildman–Crippen LogP) is 8.05. The third-order valence-corrected chi connectivity index (χ3v) is 9.95. The molecule has 0 aromatic carbocycles. The van der Waals surface area contributed by atoms with Gasteiger partial charge in [0, 0.05) is 5.41 Å². The number of terminal acetylenes is 1. The Balaban J connectivity index is 0.000000531. The summed E-state index contributed by atoms with van der Waals surface area (Å²) in [4.78, 5) is 0. The molecule has 1 spiro atoms. The smallest absolute Gasteiger partial charge is 0.000929 e. The SMILES string of the molecule is C#C.C=C1C=CCC2CCC3C4CCC5C[C@H](C)CCC5(C)C4CCC123.CC. The fraction of sp³-hybridized carbons (Fsp3) is 0.786. The molecule has 5 rings (SSSR count). The van der Waals surface area contributed by atoms with Crippen LogP contribution in [-0.4, -0.2) is 0 Å². The van der Waals surface area contributed by atoms with E-state index in [1.54, 1.807) is 0 Å². The lowest BCUT2D eigenvalue weighted by Crippen LogP contribution is -2.54. The molecule has 0 N–H and O–H groups in total. The summed E-state index contributed by atoms with van der Waals surface area (Å²) in [6.45, 7) is 13.8. The van der Waals surface area contributed by atoms with Crippen molar-refractivity contribution in [3.63, 3.8) is 0 Å². The Morgan fingerprint density at radius 3 is 2.39 bits per heavy atom. The minimum absolute atomic E-state index is 0.515. The van der Waals surface area contributed by atoms with Gasteiger partial charge in [0.25, 0.3) is 0 Å². The van der Waals surface area contributed by atoms with Crippen LogP contribution in [0.3, 0.4) is 0 Å². The van der Waals surface area contributed by atoms with Crippen LogP contribution in [0.4, 0.5) is 0 Å². The van der Waals surface area contributed by atoms with Gasteiger partial charge in [-0.1, -0.05) is 52.8 Å². The lowest BCUT2D eigenvalue weighted by molar-refractivity contribution is -0.112. The normalized spacial score (nSPS) is 48.4. The minimum atomic E-state index is 0.515. The van der Waals surface area contributed by atoms with Crippen LogP contribution in [0, 0.1) is 59.2 Å². The molecule has 5 aliphatic rings. The molecule has 0 bridgehead atoms. The molecule has 28 heavy (non-hydrogen) atoms. The van der Waals surface area contributed by atoms with E-state index in [1.807, 2.05) is 13.8 Å². The van der Waals surface area contributed by atoms with Crippen LogP contribution in [0.1, 0.15) is 91.9 Å². The minimum Gasteiger partial charge on any atom is -0.124 e. The van der Waals surface area contributed by atoms with Crippen molar-refractivity contribution in [3.05, 3.63) is 24.3 Å². The third-order valence-electron chi connectivity index (χ3n) is 9.95. The first-order chi connectivity index (χ1) is 13.6. The van der Waals surface area contributed by atoms with E-state index in [4.69, 9.17) is 0 Å². The largest absolute Gasteiger partial charge is 0.124 e. The third kappa shape index (κ3) is 3.04. The number of allylic oxidation sites excluding steroid dienone is 3. The van der Waals surface area contributed by atoms with Crippen molar-refractivity contribution in [1.82, 2.24) is 0 Å². The molecule has 4 fully saturated rings. The van der Waals surface area contributed by atoms with Gasteiger partial charge in [0.1, 0.15) is 0 Å². The standard InChI is InChI=1S/C24H36.C2H6.C2H2/c1-16-11-13-23(3)19(15-16)7-9-20-21(23)12-14-24-17(2)5-4-6-18(24)8-10-22(20)24;2*1-2/h4-5,16,18-22H,2,6-15H2,1,3H3;1-2H3;1-2H/t16-,18?,19?,20?,21?,22?,23?,24?;;/m1../s1. The van der Waals surface area contributed by atoms with Crippen molar-refractivity contribution >= 4 is 0 Å². The molecular weight excluding hydrogens is 336 g/mol. The summed E-state index contributed by atoms with van der Waals surface area (Å²) in [5.41, 5.74) is 2.70. The van der Waals surface area contributed by atoms with Crippen molar-refractivity contribution in [2.24, 2.45) is 46.3 Å². The molecule has 5 aliphatic carbocycles. The average Bonchev–Trinajstić information content (AvgIpc) is 3.13. The summed E-state index contributed by atoms with van der Waals surface area (Å²) in [7, 11) is 0. The van der Waals surface area contributed by atoms with Crippen LogP contribution >= 0.6 is 0 Å². The Morgan fingerprint density at radius 2 is 1.64 bits per heavy atom. The van der Waals surface area contributed by atoms with Gasteiger partial charge in [-0.3, -0.25) is 0 Å². The molecule has 4 saturated carbocycles. The molecule has 0 saturated heterocycles. The predicted molar refractivity (Wildman–Crippen MR) is 123 cm³/mol. The van der Waals surface area contributed by atoms with E-state index in [-0.39, 0.29) is 0 Å². The van der Waals surface area contributed by atoms with Crippen molar-refractivity contribution in [3.8, 4) is 12.8 Å². The van der Waals surface area contributed by atoms with Crippen LogP contribution < -0.4 is 0 Å². The first kappa shape index (κ1) is 21.7. The monoisotopic (exact) mass is 380 g/mol. The molecule has 0 aromatic heterocycles. The highest BCUT2D eigenvalue weighted by atomic mass is 14.7. The molecule has 0 heterocycles. The Kier molecular flexibility index (Phi) is 6.54. The van der Waals surface area contributed by atoms with Gasteiger partial charge >= 0.3 is 0 Å². The van der Waals surface area contributed by atoms with Crippen molar-refractivity contribution < 1.29 is 0 Å². The van der Waals surface area contributed by atoms with E-state index in [0.29, 0.717) is 10.8 Å². The summed E-state index contributed by atoms with van der Waals surface area (Å²) in [6.07, 6.45) is 27.7. The number of fused-ring (bicyclic) bond motifs is 4. The Morgan fingerprint density at radius 1 is 0.929 bits per heavy atom. The van der Waals surface area contributed by atoms with Gasteiger partial charge in [-0.25, -0.2) is 0 Å². The number of hydrogen-bond acceptors (Lipinski definition) is 0. The number of rotatable bonds is 0. The van der Waals surface area contributed by atoms with Crippen molar-refractivity contribution in [1.29, 1.82) is 0 Å². The maximum Gasteiger partial charge on any atom is 0.000929 e. The first-order valence-electron chi connectivity index (χ1n) is 12.2. The van der Waals surface area contributed by atoms with Gasteiger partial charge in [-0.2, -0.15) is 0 Å². The molecule has 0 aliphatic heterocycles. The summed E-state index contributed by atoms with van der Waals surface area (Å²) in [5, 5.41) is 0. The number of hydrogen-bond donors (Lipinski definition) is 0. The highest BCUT2D eigenvalue weighted by Gasteiger charge is 2.62. The van der Waals surface area contributed by atoms with Gasteiger partial charge in [-0.05, 0) is 104 Å². The molecule has 7 unspecified atom stereocenters. The second-order valence-corrected chi connectivity index (χ2v) is 10.6. The fourth-order valence-corrected chi connectivity index (χ4v) is 8.78. The second kappa shape index (κ2) is 8.42. The summed E-state index contributed by atoms with van der Waals surface area (Å²) in [5.74, 6) is 5.95. The van der Waals surface area contributed by atoms with Gasteiger partial charge in [-0.15, -0.1) is 12.8 Å². The molecule has 156 valence electrons. The Labute approximate surface area is 175 Å². The van der Waals surface area contributed by atoms with E-state index in [2.05, 4.69) is 45.4 Å².